The highest BCUT2D eigenvalue weighted by Gasteiger charge is 2.13. The Morgan fingerprint density at radius 1 is 1.14 bits per heavy atom. The first-order valence-corrected chi connectivity index (χ1v) is 11.7. The van der Waals surface area contributed by atoms with E-state index in [1.54, 1.807) is 18.9 Å². The molecular weight excluding hydrogens is 400 g/mol. The topological polar surface area (TPSA) is 51.2 Å². The Morgan fingerprint density at radius 2 is 1.93 bits per heavy atom. The Morgan fingerprint density at radius 3 is 2.72 bits per heavy atom. The Bertz CT molecular complexity index is 983. The van der Waals surface area contributed by atoms with Crippen LogP contribution in [0.1, 0.15) is 30.4 Å². The molecule has 4 nitrogen and oxygen atoms in total. The molecule has 0 fully saturated rings. The van der Waals surface area contributed by atoms with Gasteiger partial charge in [0.05, 0.1) is 12.8 Å². The highest BCUT2D eigenvalue weighted by molar-refractivity contribution is 7.99. The van der Waals surface area contributed by atoms with Crippen LogP contribution in [0.15, 0.2) is 52.7 Å². The molecule has 0 unspecified atom stereocenters. The number of anilines is 1. The summed E-state index contributed by atoms with van der Waals surface area (Å²) in [6.45, 7) is 0. The number of aryl methyl sites for hydroxylation is 2. The average Bonchev–Trinajstić information content (AvgIpc) is 3.22. The third-order valence-corrected chi connectivity index (χ3v) is 6.82. The number of amides is 1. The lowest BCUT2D eigenvalue weighted by Gasteiger charge is -2.16. The number of methoxy groups -OCH3 is 1. The Hall–Kier alpha value is -2.31. The number of hydrogen-bond donors (Lipinski definition) is 1. The number of nitrogens with one attached hydrogen (secondary N) is 1. The monoisotopic (exact) mass is 424 g/mol. The molecule has 1 amide bonds. The lowest BCUT2D eigenvalue weighted by Crippen LogP contribution is -2.11. The van der Waals surface area contributed by atoms with Crippen LogP contribution in [0, 0.1) is 0 Å². The van der Waals surface area contributed by atoms with E-state index in [4.69, 9.17) is 4.74 Å². The molecule has 6 heteroatoms. The van der Waals surface area contributed by atoms with Gasteiger partial charge in [-0.25, -0.2) is 4.98 Å². The van der Waals surface area contributed by atoms with Gasteiger partial charge in [0.1, 0.15) is 5.75 Å². The number of ether oxygens (including phenoxy) is 1. The molecule has 2 aromatic carbocycles. The summed E-state index contributed by atoms with van der Waals surface area (Å²) in [5, 5.41) is 5.62. The van der Waals surface area contributed by atoms with Crippen LogP contribution in [-0.2, 0) is 17.6 Å². The van der Waals surface area contributed by atoms with E-state index in [1.165, 1.54) is 41.7 Å². The number of nitrogens with zero attached hydrogens (tertiary/aromatic N) is 1. The van der Waals surface area contributed by atoms with Crippen molar-refractivity contribution in [1.82, 2.24) is 4.98 Å². The van der Waals surface area contributed by atoms with Crippen molar-refractivity contribution in [3.8, 4) is 17.0 Å². The Kier molecular flexibility index (Phi) is 6.52. The lowest BCUT2D eigenvalue weighted by atomic mass is 9.90. The number of carbonyl (C=O) groups excluding carboxylic acids is 1. The number of aromatic nitrogens is 1. The van der Waals surface area contributed by atoms with Crippen LogP contribution in [0.5, 0.6) is 5.75 Å². The minimum Gasteiger partial charge on any atom is -0.497 e. The van der Waals surface area contributed by atoms with Gasteiger partial charge < -0.3 is 10.1 Å². The second-order valence-electron chi connectivity index (χ2n) is 7.05. The van der Waals surface area contributed by atoms with Crippen molar-refractivity contribution in [2.24, 2.45) is 0 Å². The maximum Gasteiger partial charge on any atom is 0.226 e. The van der Waals surface area contributed by atoms with Gasteiger partial charge in [0, 0.05) is 28.0 Å². The van der Waals surface area contributed by atoms with Crippen LogP contribution in [0.3, 0.4) is 0 Å². The average molecular weight is 425 g/mol. The summed E-state index contributed by atoms with van der Waals surface area (Å²) in [4.78, 5) is 18.0. The van der Waals surface area contributed by atoms with Gasteiger partial charge in [-0.05, 0) is 67.1 Å². The van der Waals surface area contributed by atoms with Crippen LogP contribution in [-0.4, -0.2) is 23.8 Å². The van der Waals surface area contributed by atoms with Crippen molar-refractivity contribution in [2.75, 3.05) is 18.2 Å². The second kappa shape index (κ2) is 9.46. The number of rotatable bonds is 7. The molecular formula is C23H24N2O2S2. The summed E-state index contributed by atoms with van der Waals surface area (Å²) < 4.78 is 5.16. The van der Waals surface area contributed by atoms with Gasteiger partial charge in [0.2, 0.25) is 5.91 Å². The molecule has 150 valence electrons. The molecule has 1 heterocycles. The maximum absolute atomic E-state index is 12.3. The molecule has 1 N–H and O–H groups in total. The number of carbonyl (C=O) groups is 1. The summed E-state index contributed by atoms with van der Waals surface area (Å²) in [5.41, 5.74) is 4.99. The summed E-state index contributed by atoms with van der Waals surface area (Å²) in [6.07, 6.45) is 5.34. The quantitative estimate of drug-likeness (QED) is 0.486. The largest absolute Gasteiger partial charge is 0.497 e. The van der Waals surface area contributed by atoms with E-state index in [9.17, 15) is 4.79 Å². The normalized spacial score (nSPS) is 13.0. The molecule has 29 heavy (non-hydrogen) atoms. The van der Waals surface area contributed by atoms with Gasteiger partial charge in [-0.15, -0.1) is 23.1 Å². The summed E-state index contributed by atoms with van der Waals surface area (Å²) in [7, 11) is 1.65. The van der Waals surface area contributed by atoms with Gasteiger partial charge in [-0.2, -0.15) is 0 Å². The van der Waals surface area contributed by atoms with Gasteiger partial charge in [0.15, 0.2) is 5.13 Å². The first kappa shape index (κ1) is 20.0. The fourth-order valence-corrected chi connectivity index (χ4v) is 5.06. The van der Waals surface area contributed by atoms with E-state index in [1.807, 2.05) is 29.6 Å². The molecule has 0 spiro atoms. The van der Waals surface area contributed by atoms with Crippen LogP contribution < -0.4 is 10.1 Å². The third-order valence-electron chi connectivity index (χ3n) is 5.05. The third kappa shape index (κ3) is 5.19. The van der Waals surface area contributed by atoms with E-state index < -0.39 is 0 Å². The van der Waals surface area contributed by atoms with Crippen molar-refractivity contribution in [3.05, 3.63) is 59.0 Å². The molecule has 0 saturated carbocycles. The predicted molar refractivity (Wildman–Crippen MR) is 121 cm³/mol. The number of benzene rings is 2. The zero-order chi connectivity index (χ0) is 20.1. The summed E-state index contributed by atoms with van der Waals surface area (Å²) >= 11 is 3.14. The Labute approximate surface area is 179 Å². The SMILES string of the molecule is COc1ccc(SCCC(=O)Nc2nc(-c3ccc4c(c3)CCCC4)cs2)cc1. The first-order valence-electron chi connectivity index (χ1n) is 9.86. The second-order valence-corrected chi connectivity index (χ2v) is 9.08. The van der Waals surface area contributed by atoms with Crippen molar-refractivity contribution < 1.29 is 9.53 Å². The molecule has 3 aromatic rings. The molecule has 0 bridgehead atoms. The standard InChI is InChI=1S/C23H24N2O2S2/c1-27-19-8-10-20(11-9-19)28-13-12-22(26)25-23-24-21(15-29-23)18-7-6-16-4-2-3-5-17(16)14-18/h6-11,14-15H,2-5,12-13H2,1H3,(H,24,25,26). The van der Waals surface area contributed by atoms with E-state index in [2.05, 4.69) is 28.5 Å². The van der Waals surface area contributed by atoms with Crippen LogP contribution in [0.25, 0.3) is 11.3 Å². The van der Waals surface area contributed by atoms with Crippen molar-refractivity contribution >= 4 is 34.1 Å². The molecule has 1 aliphatic carbocycles. The maximum atomic E-state index is 12.3. The number of thioether (sulfide) groups is 1. The van der Waals surface area contributed by atoms with Crippen molar-refractivity contribution in [1.29, 1.82) is 0 Å². The zero-order valence-electron chi connectivity index (χ0n) is 16.4. The minimum atomic E-state index is -0.00245. The zero-order valence-corrected chi connectivity index (χ0v) is 18.1. The van der Waals surface area contributed by atoms with E-state index in [-0.39, 0.29) is 5.91 Å². The molecule has 0 saturated heterocycles. The molecule has 1 aromatic heterocycles. The number of thiazole rings is 1. The van der Waals surface area contributed by atoms with Gasteiger partial charge in [-0.3, -0.25) is 4.79 Å². The molecule has 0 atom stereocenters. The van der Waals surface area contributed by atoms with Gasteiger partial charge in [0.25, 0.3) is 0 Å². The van der Waals surface area contributed by atoms with E-state index >= 15 is 0 Å². The van der Waals surface area contributed by atoms with Crippen LogP contribution >= 0.6 is 23.1 Å². The van der Waals surface area contributed by atoms with Gasteiger partial charge >= 0.3 is 0 Å². The molecule has 0 aliphatic heterocycles. The van der Waals surface area contributed by atoms with Crippen molar-refractivity contribution in [3.63, 3.8) is 0 Å². The van der Waals surface area contributed by atoms with E-state index in [0.717, 1.165) is 34.1 Å². The number of fused-ring (bicyclic) bond motifs is 1. The fourth-order valence-electron chi connectivity index (χ4n) is 3.47. The van der Waals surface area contributed by atoms with Crippen LogP contribution in [0.4, 0.5) is 5.13 Å². The Balaban J connectivity index is 1.30. The fraction of sp³-hybridized carbons (Fsp3) is 0.304. The number of hydrogen-bond acceptors (Lipinski definition) is 5. The molecule has 1 aliphatic rings. The molecule has 0 radical (unpaired) electrons. The minimum absolute atomic E-state index is 0.00245. The van der Waals surface area contributed by atoms with E-state index in [0.29, 0.717) is 11.6 Å². The van der Waals surface area contributed by atoms with Gasteiger partial charge in [-0.1, -0.05) is 12.1 Å². The predicted octanol–water partition coefficient (Wildman–Crippen LogP) is 5.82. The first-order chi connectivity index (χ1) is 14.2. The summed E-state index contributed by atoms with van der Waals surface area (Å²) in [6, 6.07) is 14.5. The smallest absolute Gasteiger partial charge is 0.226 e. The lowest BCUT2D eigenvalue weighted by molar-refractivity contribution is -0.115. The van der Waals surface area contributed by atoms with Crippen LogP contribution in [0.2, 0.25) is 0 Å². The van der Waals surface area contributed by atoms with Crippen molar-refractivity contribution in [2.45, 2.75) is 37.0 Å². The molecule has 4 rings (SSSR count). The highest BCUT2D eigenvalue weighted by Crippen LogP contribution is 2.30. The highest BCUT2D eigenvalue weighted by atomic mass is 32.2. The summed E-state index contributed by atoms with van der Waals surface area (Å²) in [5.74, 6) is 1.56.